The van der Waals surface area contributed by atoms with Gasteiger partial charge in [-0.05, 0) is 29.9 Å². The first kappa shape index (κ1) is 24.0. The first-order valence-corrected chi connectivity index (χ1v) is 11.4. The molecule has 0 unspecified atom stereocenters. The Hall–Kier alpha value is -4.36. The quantitative estimate of drug-likeness (QED) is 0.294. The summed E-state index contributed by atoms with van der Waals surface area (Å²) in [5, 5.41) is 8.31. The summed E-state index contributed by atoms with van der Waals surface area (Å²) in [7, 11) is 2.80. The van der Waals surface area contributed by atoms with Gasteiger partial charge in [0.25, 0.3) is 0 Å². The van der Waals surface area contributed by atoms with Crippen LogP contribution in [0.25, 0.3) is 27.8 Å². The average Bonchev–Trinajstić information content (AvgIpc) is 3.44. The van der Waals surface area contributed by atoms with Crippen molar-refractivity contribution in [1.29, 1.82) is 0 Å². The molecule has 6 rings (SSSR count). The van der Waals surface area contributed by atoms with Crippen molar-refractivity contribution in [3.8, 4) is 23.1 Å². The van der Waals surface area contributed by atoms with E-state index in [1.165, 1.54) is 26.6 Å². The summed E-state index contributed by atoms with van der Waals surface area (Å²) in [6.45, 7) is -1.40. The Morgan fingerprint density at radius 2 is 1.79 bits per heavy atom. The van der Waals surface area contributed by atoms with Crippen LogP contribution in [-0.2, 0) is 6.54 Å². The number of aromatic nitrogens is 7. The molecule has 1 aromatic carbocycles. The molecule has 4 heterocycles. The van der Waals surface area contributed by atoms with Gasteiger partial charge in [-0.1, -0.05) is 12.1 Å². The van der Waals surface area contributed by atoms with E-state index in [-0.39, 0.29) is 51.5 Å². The van der Waals surface area contributed by atoms with Crippen LogP contribution in [0.2, 0.25) is 0 Å². The van der Waals surface area contributed by atoms with Crippen LogP contribution in [0.3, 0.4) is 0 Å². The summed E-state index contributed by atoms with van der Waals surface area (Å²) in [4.78, 5) is 12.4. The fourth-order valence-electron chi connectivity index (χ4n) is 4.76. The number of nitrogens with zero attached hydrogens (tertiary/aromatic N) is 7. The van der Waals surface area contributed by atoms with Crippen LogP contribution in [0.15, 0.2) is 36.8 Å². The molecule has 1 fully saturated rings. The van der Waals surface area contributed by atoms with Crippen molar-refractivity contribution < 1.29 is 31.4 Å². The standard InChI is InChI=1S/C24H18F5N7O2/c1-37-22-16(8-31-23(33-22)38-2)17-6-15(21-30-9-18(25)36(21)34-17)14-5-13(14)12-4-3-11-7-32-35(10-24(27,28)29)20(11)19(12)26/h3-4,6-9,13-14H,5,10H2,1-2H3/t13-,14+/m1/s1. The monoisotopic (exact) mass is 531 g/mol. The second-order valence-corrected chi connectivity index (χ2v) is 8.85. The van der Waals surface area contributed by atoms with Crippen molar-refractivity contribution in [2.45, 2.75) is 31.0 Å². The zero-order valence-electron chi connectivity index (χ0n) is 19.9. The first-order valence-electron chi connectivity index (χ1n) is 11.4. The van der Waals surface area contributed by atoms with E-state index in [4.69, 9.17) is 9.47 Å². The highest BCUT2D eigenvalue weighted by Crippen LogP contribution is 2.56. The summed E-state index contributed by atoms with van der Waals surface area (Å²) in [5.41, 5.74) is 1.53. The molecule has 0 radical (unpaired) electrons. The third-order valence-electron chi connectivity index (χ3n) is 6.53. The van der Waals surface area contributed by atoms with Crippen LogP contribution in [0.5, 0.6) is 11.9 Å². The summed E-state index contributed by atoms with van der Waals surface area (Å²) in [5.74, 6) is -1.99. The number of halogens is 5. The van der Waals surface area contributed by atoms with Crippen molar-refractivity contribution in [1.82, 2.24) is 34.3 Å². The topological polar surface area (TPSA) is 92.3 Å². The maximum atomic E-state index is 15.6. The average molecular weight is 531 g/mol. The van der Waals surface area contributed by atoms with Crippen molar-refractivity contribution in [3.63, 3.8) is 0 Å². The lowest BCUT2D eigenvalue weighted by Crippen LogP contribution is -2.19. The highest BCUT2D eigenvalue weighted by atomic mass is 19.4. The minimum Gasteiger partial charge on any atom is -0.480 e. The molecule has 0 spiro atoms. The van der Waals surface area contributed by atoms with Crippen LogP contribution in [0.4, 0.5) is 22.0 Å². The van der Waals surface area contributed by atoms with Crippen LogP contribution < -0.4 is 9.47 Å². The molecule has 0 amide bonds. The molecule has 1 aliphatic rings. The Morgan fingerprint density at radius 3 is 2.53 bits per heavy atom. The van der Waals surface area contributed by atoms with Gasteiger partial charge in [-0.2, -0.15) is 37.3 Å². The summed E-state index contributed by atoms with van der Waals surface area (Å²) < 4.78 is 81.2. The van der Waals surface area contributed by atoms with Crippen molar-refractivity contribution in [3.05, 3.63) is 59.7 Å². The number of imidazole rings is 1. The van der Waals surface area contributed by atoms with Crippen molar-refractivity contribution in [2.75, 3.05) is 14.2 Å². The van der Waals surface area contributed by atoms with E-state index in [0.717, 1.165) is 10.7 Å². The lowest BCUT2D eigenvalue weighted by Gasteiger charge is -2.11. The number of alkyl halides is 3. The molecule has 196 valence electrons. The number of ether oxygens (including phenoxy) is 2. The lowest BCUT2D eigenvalue weighted by molar-refractivity contribution is -0.141. The van der Waals surface area contributed by atoms with E-state index in [1.54, 1.807) is 18.2 Å². The van der Waals surface area contributed by atoms with E-state index in [1.807, 2.05) is 0 Å². The summed E-state index contributed by atoms with van der Waals surface area (Å²) >= 11 is 0. The molecule has 4 aromatic heterocycles. The number of benzene rings is 1. The Bertz CT molecular complexity index is 1700. The minimum absolute atomic E-state index is 0.0681. The van der Waals surface area contributed by atoms with E-state index < -0.39 is 24.5 Å². The van der Waals surface area contributed by atoms with Gasteiger partial charge in [0.15, 0.2) is 11.5 Å². The predicted molar refractivity (Wildman–Crippen MR) is 123 cm³/mol. The van der Waals surface area contributed by atoms with Gasteiger partial charge in [-0.15, -0.1) is 0 Å². The number of fused-ring (bicyclic) bond motifs is 2. The Labute approximate surface area is 210 Å². The van der Waals surface area contributed by atoms with Crippen LogP contribution in [0, 0.1) is 11.8 Å². The fourth-order valence-corrected chi connectivity index (χ4v) is 4.76. The molecule has 1 saturated carbocycles. The number of hydrogen-bond acceptors (Lipinski definition) is 7. The zero-order chi connectivity index (χ0) is 26.8. The van der Waals surface area contributed by atoms with Gasteiger partial charge in [-0.3, -0.25) is 4.68 Å². The minimum atomic E-state index is -4.56. The predicted octanol–water partition coefficient (Wildman–Crippen LogP) is 4.66. The molecule has 38 heavy (non-hydrogen) atoms. The normalized spacial score (nSPS) is 17.3. The molecular formula is C24H18F5N7O2. The largest absolute Gasteiger partial charge is 0.480 e. The molecular weight excluding hydrogens is 513 g/mol. The zero-order valence-corrected chi connectivity index (χ0v) is 19.9. The van der Waals surface area contributed by atoms with E-state index in [0.29, 0.717) is 22.2 Å². The molecule has 1 aliphatic carbocycles. The molecule has 5 aromatic rings. The molecule has 0 bridgehead atoms. The van der Waals surface area contributed by atoms with Crippen LogP contribution in [-0.4, -0.2) is 54.7 Å². The van der Waals surface area contributed by atoms with Gasteiger partial charge in [-0.25, -0.2) is 14.4 Å². The van der Waals surface area contributed by atoms with Crippen molar-refractivity contribution in [2.24, 2.45) is 0 Å². The second-order valence-electron chi connectivity index (χ2n) is 8.85. The molecule has 0 N–H and O–H groups in total. The van der Waals surface area contributed by atoms with Gasteiger partial charge in [0, 0.05) is 17.1 Å². The maximum Gasteiger partial charge on any atom is 0.408 e. The van der Waals surface area contributed by atoms with E-state index in [9.17, 15) is 17.6 Å². The molecule has 9 nitrogen and oxygen atoms in total. The Morgan fingerprint density at radius 1 is 1.00 bits per heavy atom. The molecule has 2 atom stereocenters. The molecule has 0 aliphatic heterocycles. The van der Waals surface area contributed by atoms with Gasteiger partial charge in [0.2, 0.25) is 11.8 Å². The van der Waals surface area contributed by atoms with E-state index >= 15 is 4.39 Å². The first-order chi connectivity index (χ1) is 18.2. The van der Waals surface area contributed by atoms with Crippen molar-refractivity contribution >= 4 is 16.6 Å². The smallest absolute Gasteiger partial charge is 0.408 e. The van der Waals surface area contributed by atoms with E-state index in [2.05, 4.69) is 25.1 Å². The third kappa shape index (κ3) is 3.96. The van der Waals surface area contributed by atoms with Crippen LogP contribution in [0.1, 0.15) is 29.4 Å². The number of hydrogen-bond donors (Lipinski definition) is 0. The summed E-state index contributed by atoms with van der Waals surface area (Å²) in [6, 6.07) is 4.85. The highest BCUT2D eigenvalue weighted by Gasteiger charge is 2.44. The Balaban J connectivity index is 1.43. The SMILES string of the molecule is COc1ncc(-c2cc([C@H]3C[C@@H]3c3ccc4cnn(CC(F)(F)F)c4c3F)c3ncc(F)n3n2)c(OC)n1. The highest BCUT2D eigenvalue weighted by molar-refractivity contribution is 5.80. The summed E-state index contributed by atoms with van der Waals surface area (Å²) in [6.07, 6.45) is -0.428. The van der Waals surface area contributed by atoms with Gasteiger partial charge < -0.3 is 9.47 Å². The Kier molecular flexibility index (Phi) is 5.43. The third-order valence-corrected chi connectivity index (χ3v) is 6.53. The number of methoxy groups -OCH3 is 2. The lowest BCUT2D eigenvalue weighted by atomic mass is 10.0. The van der Waals surface area contributed by atoms with Gasteiger partial charge in [0.05, 0.1) is 37.9 Å². The molecule has 0 saturated heterocycles. The van der Waals surface area contributed by atoms with Crippen LogP contribution >= 0.6 is 0 Å². The fraction of sp³-hybridized carbons (Fsp3) is 0.292. The molecule has 14 heteroatoms. The van der Waals surface area contributed by atoms with Gasteiger partial charge >= 0.3 is 12.2 Å². The van der Waals surface area contributed by atoms with Gasteiger partial charge in [0.1, 0.15) is 12.1 Å². The second kappa shape index (κ2) is 8.60. The maximum absolute atomic E-state index is 15.6. The number of rotatable bonds is 6.